The molecule has 0 radical (unpaired) electrons. The maximum atomic E-state index is 12.9. The number of carbonyl (C=O) groups excluding carboxylic acids is 1. The maximum absolute atomic E-state index is 12.9. The van der Waals surface area contributed by atoms with Gasteiger partial charge in [-0.3, -0.25) is 4.90 Å². The van der Waals surface area contributed by atoms with Crippen LogP contribution in [-0.2, 0) is 16.1 Å². The number of hydrogen-bond acceptors (Lipinski definition) is 3. The first-order chi connectivity index (χ1) is 10.8. The van der Waals surface area contributed by atoms with E-state index in [1.807, 2.05) is 0 Å². The number of halogens is 3. The number of alkyl halides is 3. The summed E-state index contributed by atoms with van der Waals surface area (Å²) in [4.78, 5) is 24.0. The van der Waals surface area contributed by atoms with E-state index in [2.05, 4.69) is 0 Å². The molecule has 5 nitrogen and oxygen atoms in total. The first-order valence-corrected chi connectivity index (χ1v) is 7.09. The highest BCUT2D eigenvalue weighted by atomic mass is 19.4. The van der Waals surface area contributed by atoms with Crippen molar-refractivity contribution in [1.29, 1.82) is 0 Å². The zero-order valence-corrected chi connectivity index (χ0v) is 11.9. The summed E-state index contributed by atoms with van der Waals surface area (Å²) in [5, 5.41) is 9.11. The minimum Gasteiger partial charge on any atom is -0.480 e. The van der Waals surface area contributed by atoms with E-state index in [1.54, 1.807) is 30.3 Å². The van der Waals surface area contributed by atoms with E-state index in [0.29, 0.717) is 5.56 Å². The van der Waals surface area contributed by atoms with Crippen molar-refractivity contribution >= 4 is 12.1 Å². The van der Waals surface area contributed by atoms with Gasteiger partial charge in [0.15, 0.2) is 0 Å². The predicted molar refractivity (Wildman–Crippen MR) is 71.3 cm³/mol. The summed E-state index contributed by atoms with van der Waals surface area (Å²) in [5.41, 5.74) is 0.673. The van der Waals surface area contributed by atoms with Crippen LogP contribution in [0.4, 0.5) is 18.0 Å². The number of piperidine rings is 1. The van der Waals surface area contributed by atoms with Gasteiger partial charge in [-0.25, -0.2) is 9.59 Å². The first kappa shape index (κ1) is 15.6. The van der Waals surface area contributed by atoms with Gasteiger partial charge >= 0.3 is 18.2 Å². The molecule has 1 aliphatic carbocycles. The molecule has 124 valence electrons. The number of nitrogens with zero attached hydrogens (tertiary/aromatic N) is 1. The highest BCUT2D eigenvalue weighted by Crippen LogP contribution is 2.60. The van der Waals surface area contributed by atoms with E-state index in [0.717, 1.165) is 4.90 Å². The van der Waals surface area contributed by atoms with E-state index in [1.165, 1.54) is 0 Å². The summed E-state index contributed by atoms with van der Waals surface area (Å²) in [5.74, 6) is -3.81. The lowest BCUT2D eigenvalue weighted by molar-refractivity contribution is -0.162. The number of carbonyl (C=O) groups is 2. The van der Waals surface area contributed by atoms with Gasteiger partial charge in [-0.15, -0.1) is 0 Å². The topological polar surface area (TPSA) is 66.8 Å². The molecule has 1 saturated heterocycles. The number of amides is 1. The molecule has 1 aromatic rings. The number of ether oxygens (including phenoxy) is 1. The van der Waals surface area contributed by atoms with Gasteiger partial charge in [0.2, 0.25) is 0 Å². The normalized spacial score (nSPS) is 29.1. The largest absolute Gasteiger partial charge is 0.480 e. The number of benzene rings is 1. The number of likely N-dealkylation sites (tertiary alicyclic amines) is 1. The van der Waals surface area contributed by atoms with Crippen LogP contribution in [0.25, 0.3) is 0 Å². The first-order valence-electron chi connectivity index (χ1n) is 7.09. The van der Waals surface area contributed by atoms with Gasteiger partial charge in [-0.2, -0.15) is 13.2 Å². The molecule has 1 amide bonds. The average molecular weight is 329 g/mol. The molecular weight excluding hydrogens is 315 g/mol. The standard InChI is InChI=1S/C15H14F3NO4/c16-15(17,18)11-9-6-10(13(20)21)19(12(9)11)14(22)23-7-8-4-2-1-3-5-8/h1-5,9-12H,6-7H2,(H,20,21)/t9-,10+,11-,12-/m1/s1. The summed E-state index contributed by atoms with van der Waals surface area (Å²) in [6.07, 6.45) is -5.64. The van der Waals surface area contributed by atoms with E-state index >= 15 is 0 Å². The Kier molecular flexibility index (Phi) is 3.69. The number of fused-ring (bicyclic) bond motifs is 1. The van der Waals surface area contributed by atoms with Crippen LogP contribution in [0.2, 0.25) is 0 Å². The minimum absolute atomic E-state index is 0.115. The number of rotatable bonds is 3. The second-order valence-electron chi connectivity index (χ2n) is 5.76. The SMILES string of the molecule is O=C(O)[C@@H]1C[C@H]2[C@H]([C@@H]2C(F)(F)F)N1C(=O)OCc1ccccc1. The van der Waals surface area contributed by atoms with Gasteiger partial charge in [-0.05, 0) is 17.9 Å². The Balaban J connectivity index is 1.70. The monoisotopic (exact) mass is 329 g/mol. The quantitative estimate of drug-likeness (QED) is 0.926. The molecule has 0 bridgehead atoms. The lowest BCUT2D eigenvalue weighted by Gasteiger charge is -2.26. The van der Waals surface area contributed by atoms with Crippen LogP contribution < -0.4 is 0 Å². The smallest absolute Gasteiger partial charge is 0.411 e. The van der Waals surface area contributed by atoms with E-state index < -0.39 is 42.2 Å². The zero-order valence-electron chi connectivity index (χ0n) is 11.9. The molecular formula is C15H14F3NO4. The second kappa shape index (κ2) is 5.43. The molecule has 4 atom stereocenters. The number of carboxylic acids is 1. The van der Waals surface area contributed by atoms with Crippen LogP contribution in [0.3, 0.4) is 0 Å². The summed E-state index contributed by atoms with van der Waals surface area (Å²) in [6.45, 7) is -0.115. The minimum atomic E-state index is -4.43. The molecule has 1 aliphatic heterocycles. The van der Waals surface area contributed by atoms with Crippen LogP contribution in [0, 0.1) is 11.8 Å². The molecule has 1 aromatic carbocycles. The molecule has 8 heteroatoms. The Hall–Kier alpha value is -2.25. The van der Waals surface area contributed by atoms with Crippen molar-refractivity contribution in [3.05, 3.63) is 35.9 Å². The molecule has 23 heavy (non-hydrogen) atoms. The van der Waals surface area contributed by atoms with Crippen LogP contribution in [0.5, 0.6) is 0 Å². The van der Waals surface area contributed by atoms with Gasteiger partial charge in [-0.1, -0.05) is 30.3 Å². The van der Waals surface area contributed by atoms with E-state index in [-0.39, 0.29) is 13.0 Å². The third-order valence-electron chi connectivity index (χ3n) is 4.36. The van der Waals surface area contributed by atoms with E-state index in [4.69, 9.17) is 9.84 Å². The Labute approximate surface area is 129 Å². The van der Waals surface area contributed by atoms with Gasteiger partial charge in [0.1, 0.15) is 12.6 Å². The van der Waals surface area contributed by atoms with Crippen LogP contribution in [0.1, 0.15) is 12.0 Å². The summed E-state index contributed by atoms with van der Waals surface area (Å²) in [7, 11) is 0. The predicted octanol–water partition coefficient (Wildman–Crippen LogP) is 2.66. The highest BCUT2D eigenvalue weighted by molar-refractivity contribution is 5.82. The van der Waals surface area contributed by atoms with Crippen LogP contribution in [0.15, 0.2) is 30.3 Å². The Morgan fingerprint density at radius 2 is 1.91 bits per heavy atom. The molecule has 1 N–H and O–H groups in total. The van der Waals surface area contributed by atoms with Crippen molar-refractivity contribution in [2.45, 2.75) is 31.3 Å². The lowest BCUT2D eigenvalue weighted by Crippen LogP contribution is -2.45. The number of hydrogen-bond donors (Lipinski definition) is 1. The van der Waals surface area contributed by atoms with Crippen molar-refractivity contribution in [1.82, 2.24) is 4.90 Å². The van der Waals surface area contributed by atoms with Crippen molar-refractivity contribution in [3.63, 3.8) is 0 Å². The lowest BCUT2D eigenvalue weighted by atomic mass is 10.1. The van der Waals surface area contributed by atoms with Crippen molar-refractivity contribution in [2.75, 3.05) is 0 Å². The molecule has 3 rings (SSSR count). The third kappa shape index (κ3) is 2.85. The summed E-state index contributed by atoms with van der Waals surface area (Å²) in [6, 6.07) is 6.25. The Morgan fingerprint density at radius 1 is 1.26 bits per heavy atom. The molecule has 2 aliphatic rings. The van der Waals surface area contributed by atoms with E-state index in [9.17, 15) is 22.8 Å². The maximum Gasteiger partial charge on any atom is 0.411 e. The number of aliphatic carboxylic acids is 1. The van der Waals surface area contributed by atoms with Gasteiger partial charge in [0, 0.05) is 0 Å². The fraction of sp³-hybridized carbons (Fsp3) is 0.467. The molecule has 1 heterocycles. The molecule has 0 aromatic heterocycles. The van der Waals surface area contributed by atoms with Crippen molar-refractivity contribution in [2.24, 2.45) is 11.8 Å². The Morgan fingerprint density at radius 3 is 2.48 bits per heavy atom. The molecule has 0 spiro atoms. The van der Waals surface area contributed by atoms with Gasteiger partial charge in [0.05, 0.1) is 12.0 Å². The van der Waals surface area contributed by atoms with Gasteiger partial charge in [0.25, 0.3) is 0 Å². The molecule has 0 unspecified atom stereocenters. The van der Waals surface area contributed by atoms with Crippen molar-refractivity contribution in [3.8, 4) is 0 Å². The summed E-state index contributed by atoms with van der Waals surface area (Å²) >= 11 is 0. The highest BCUT2D eigenvalue weighted by Gasteiger charge is 2.73. The third-order valence-corrected chi connectivity index (χ3v) is 4.36. The van der Waals surface area contributed by atoms with Gasteiger partial charge < -0.3 is 9.84 Å². The fourth-order valence-electron chi connectivity index (χ4n) is 3.30. The summed E-state index contributed by atoms with van der Waals surface area (Å²) < 4.78 is 43.6. The molecule has 2 fully saturated rings. The Bertz CT molecular complexity index is 619. The zero-order chi connectivity index (χ0) is 16.8. The second-order valence-corrected chi connectivity index (χ2v) is 5.76. The van der Waals surface area contributed by atoms with Crippen LogP contribution >= 0.6 is 0 Å². The number of carboxylic acid groups (broad SMARTS) is 1. The molecule has 1 saturated carbocycles. The van der Waals surface area contributed by atoms with Crippen LogP contribution in [-0.4, -0.2) is 40.3 Å². The fourth-order valence-corrected chi connectivity index (χ4v) is 3.30. The average Bonchev–Trinajstić information content (AvgIpc) is 3.08. The van der Waals surface area contributed by atoms with Crippen molar-refractivity contribution < 1.29 is 32.6 Å².